The van der Waals surface area contributed by atoms with Crippen LogP contribution in [0.1, 0.15) is 22.3 Å². The summed E-state index contributed by atoms with van der Waals surface area (Å²) in [6.45, 7) is -0.00759. The van der Waals surface area contributed by atoms with Crippen molar-refractivity contribution < 1.29 is 18.7 Å². The zero-order valence-corrected chi connectivity index (χ0v) is 14.7. The van der Waals surface area contributed by atoms with Gasteiger partial charge in [-0.2, -0.15) is 0 Å². The minimum atomic E-state index is -0.889. The van der Waals surface area contributed by atoms with E-state index in [9.17, 15) is 14.0 Å². The van der Waals surface area contributed by atoms with E-state index in [-0.39, 0.29) is 15.6 Å². The predicted octanol–water partition coefficient (Wildman–Crippen LogP) is 4.04. The lowest BCUT2D eigenvalue weighted by molar-refractivity contribution is -0.124. The van der Waals surface area contributed by atoms with Crippen LogP contribution in [-0.4, -0.2) is 25.0 Å². The highest BCUT2D eigenvalue weighted by Gasteiger charge is 2.16. The van der Waals surface area contributed by atoms with Crippen molar-refractivity contribution in [3.63, 3.8) is 0 Å². The molecule has 0 aliphatic heterocycles. The van der Waals surface area contributed by atoms with E-state index in [4.69, 9.17) is 27.9 Å². The Morgan fingerprint density at radius 2 is 1.80 bits per heavy atom. The first kappa shape index (κ1) is 19.2. The fourth-order valence-corrected chi connectivity index (χ4v) is 2.56. The zero-order valence-electron chi connectivity index (χ0n) is 13.2. The van der Waals surface area contributed by atoms with Crippen molar-refractivity contribution in [1.29, 1.82) is 0 Å². The number of carbonyl (C=O) groups excluding carboxylic acids is 2. The molecule has 0 saturated heterocycles. The molecule has 0 saturated carbocycles. The predicted molar refractivity (Wildman–Crippen MR) is 94.5 cm³/mol. The lowest BCUT2D eigenvalue weighted by Crippen LogP contribution is -2.29. The van der Waals surface area contributed by atoms with E-state index in [0.717, 1.165) is 25.0 Å². The fourth-order valence-electron chi connectivity index (χ4n) is 2.10. The number of rotatable bonds is 7. The van der Waals surface area contributed by atoms with Crippen molar-refractivity contribution >= 4 is 35.1 Å². The lowest BCUT2D eigenvalue weighted by Gasteiger charge is -2.08. The van der Waals surface area contributed by atoms with Crippen LogP contribution in [0.2, 0.25) is 10.0 Å². The van der Waals surface area contributed by atoms with Gasteiger partial charge in [0.05, 0.1) is 15.6 Å². The van der Waals surface area contributed by atoms with Crippen molar-refractivity contribution in [2.24, 2.45) is 0 Å². The number of hydrogen-bond donors (Lipinski definition) is 1. The number of nitrogens with one attached hydrogen (secondary N) is 1. The molecule has 2 rings (SSSR count). The number of esters is 1. The molecule has 0 bridgehead atoms. The van der Waals surface area contributed by atoms with E-state index in [1.807, 2.05) is 30.3 Å². The van der Waals surface area contributed by atoms with Crippen molar-refractivity contribution in [1.82, 2.24) is 5.32 Å². The molecule has 132 valence electrons. The molecule has 0 heterocycles. The maximum Gasteiger partial charge on any atom is 0.340 e. The summed E-state index contributed by atoms with van der Waals surface area (Å²) in [6, 6.07) is 11.9. The van der Waals surface area contributed by atoms with Crippen LogP contribution < -0.4 is 5.32 Å². The van der Waals surface area contributed by atoms with E-state index in [1.165, 1.54) is 5.56 Å². The Morgan fingerprint density at radius 3 is 2.52 bits per heavy atom. The summed E-state index contributed by atoms with van der Waals surface area (Å²) in [5.41, 5.74) is 1.00. The van der Waals surface area contributed by atoms with Crippen LogP contribution in [0.3, 0.4) is 0 Å². The third-order valence-electron chi connectivity index (χ3n) is 3.37. The van der Waals surface area contributed by atoms with Crippen LogP contribution >= 0.6 is 23.2 Å². The van der Waals surface area contributed by atoms with Gasteiger partial charge in [-0.05, 0) is 30.5 Å². The number of carbonyl (C=O) groups is 2. The van der Waals surface area contributed by atoms with Crippen LogP contribution in [0.15, 0.2) is 42.5 Å². The van der Waals surface area contributed by atoms with Gasteiger partial charge in [-0.15, -0.1) is 0 Å². The number of amides is 1. The maximum absolute atomic E-state index is 13.4. The maximum atomic E-state index is 13.4. The molecule has 0 fully saturated rings. The highest BCUT2D eigenvalue weighted by atomic mass is 35.5. The van der Waals surface area contributed by atoms with Crippen molar-refractivity contribution in [3.8, 4) is 0 Å². The minimum Gasteiger partial charge on any atom is -0.452 e. The van der Waals surface area contributed by atoms with Crippen LogP contribution in [0.5, 0.6) is 0 Å². The molecular formula is C18H16Cl2FNO3. The standard InChI is InChI=1S/C18H16Cl2FNO3/c19-14-10-15(20)16(21)9-13(14)18(24)25-11-17(23)22-8-4-7-12-5-2-1-3-6-12/h1-3,5-6,9-10H,4,7-8,11H2,(H,22,23). The molecular weight excluding hydrogens is 368 g/mol. The fraction of sp³-hybridized carbons (Fsp3) is 0.222. The summed E-state index contributed by atoms with van der Waals surface area (Å²) in [6.07, 6.45) is 1.60. The van der Waals surface area contributed by atoms with E-state index < -0.39 is 24.3 Å². The first-order chi connectivity index (χ1) is 12.0. The molecule has 0 spiro atoms. The van der Waals surface area contributed by atoms with Gasteiger partial charge in [-0.3, -0.25) is 4.79 Å². The van der Waals surface area contributed by atoms with Crippen molar-refractivity contribution in [3.05, 3.63) is 69.5 Å². The highest BCUT2D eigenvalue weighted by Crippen LogP contribution is 2.24. The first-order valence-corrected chi connectivity index (χ1v) is 8.35. The molecule has 1 amide bonds. The number of benzene rings is 2. The Labute approximate surface area is 154 Å². The Bertz CT molecular complexity index is 753. The van der Waals surface area contributed by atoms with E-state index >= 15 is 0 Å². The topological polar surface area (TPSA) is 55.4 Å². The third kappa shape index (κ3) is 6.03. The largest absolute Gasteiger partial charge is 0.452 e. The molecule has 0 unspecified atom stereocenters. The van der Waals surface area contributed by atoms with Gasteiger partial charge in [0.15, 0.2) is 6.61 Å². The summed E-state index contributed by atoms with van der Waals surface area (Å²) < 4.78 is 18.2. The lowest BCUT2D eigenvalue weighted by atomic mass is 10.1. The normalized spacial score (nSPS) is 10.4. The van der Waals surface area contributed by atoms with Gasteiger partial charge < -0.3 is 10.1 Å². The summed E-state index contributed by atoms with van der Waals surface area (Å²) in [7, 11) is 0. The van der Waals surface area contributed by atoms with Crippen molar-refractivity contribution in [2.75, 3.05) is 13.2 Å². The van der Waals surface area contributed by atoms with Gasteiger partial charge in [-0.25, -0.2) is 9.18 Å². The minimum absolute atomic E-state index is 0.0420. The molecule has 1 N–H and O–H groups in total. The van der Waals surface area contributed by atoms with E-state index in [2.05, 4.69) is 5.32 Å². The molecule has 0 atom stereocenters. The van der Waals surface area contributed by atoms with Gasteiger partial charge in [0.25, 0.3) is 5.91 Å². The molecule has 7 heteroatoms. The average Bonchev–Trinajstić information content (AvgIpc) is 2.60. The van der Waals surface area contributed by atoms with Gasteiger partial charge >= 0.3 is 5.97 Å². The Morgan fingerprint density at radius 1 is 1.08 bits per heavy atom. The van der Waals surface area contributed by atoms with Crippen LogP contribution in [0, 0.1) is 5.82 Å². The Hall–Kier alpha value is -2.11. The van der Waals surface area contributed by atoms with Gasteiger partial charge in [-0.1, -0.05) is 53.5 Å². The summed E-state index contributed by atoms with van der Waals surface area (Å²) in [5, 5.41) is 2.41. The third-order valence-corrected chi connectivity index (χ3v) is 3.97. The molecule has 2 aromatic rings. The second kappa shape index (κ2) is 9.39. The van der Waals surface area contributed by atoms with Crippen molar-refractivity contribution in [2.45, 2.75) is 12.8 Å². The highest BCUT2D eigenvalue weighted by molar-refractivity contribution is 6.36. The molecule has 2 aromatic carbocycles. The monoisotopic (exact) mass is 383 g/mol. The average molecular weight is 384 g/mol. The number of ether oxygens (including phenoxy) is 1. The molecule has 0 aliphatic carbocycles. The number of hydrogen-bond acceptors (Lipinski definition) is 3. The second-order valence-electron chi connectivity index (χ2n) is 5.26. The molecule has 4 nitrogen and oxygen atoms in total. The molecule has 0 aromatic heterocycles. The zero-order chi connectivity index (χ0) is 18.2. The molecule has 25 heavy (non-hydrogen) atoms. The Balaban J connectivity index is 1.72. The Kier molecular flexibility index (Phi) is 7.22. The van der Waals surface area contributed by atoms with Gasteiger partial charge in [0, 0.05) is 6.54 Å². The first-order valence-electron chi connectivity index (χ1n) is 7.59. The molecule has 0 aliphatic rings. The SMILES string of the molecule is O=C(COC(=O)c1cc(F)c(Cl)cc1Cl)NCCCc1ccccc1. The molecule has 0 radical (unpaired) electrons. The van der Waals surface area contributed by atoms with E-state index in [0.29, 0.717) is 6.54 Å². The smallest absolute Gasteiger partial charge is 0.340 e. The van der Waals surface area contributed by atoms with Crippen LogP contribution in [0.4, 0.5) is 4.39 Å². The second-order valence-corrected chi connectivity index (χ2v) is 6.08. The number of aryl methyl sites for hydroxylation is 1. The van der Waals surface area contributed by atoms with Gasteiger partial charge in [0.2, 0.25) is 0 Å². The summed E-state index contributed by atoms with van der Waals surface area (Å²) in [4.78, 5) is 23.5. The number of halogens is 3. The van der Waals surface area contributed by atoms with Gasteiger partial charge in [0.1, 0.15) is 5.82 Å². The quantitative estimate of drug-likeness (QED) is 0.445. The summed E-state index contributed by atoms with van der Waals surface area (Å²) >= 11 is 11.4. The van der Waals surface area contributed by atoms with E-state index in [1.54, 1.807) is 0 Å². The van der Waals surface area contributed by atoms with Crippen LogP contribution in [0.25, 0.3) is 0 Å². The van der Waals surface area contributed by atoms with Crippen LogP contribution in [-0.2, 0) is 16.0 Å². The summed E-state index contributed by atoms with van der Waals surface area (Å²) in [5.74, 6) is -2.12.